The van der Waals surface area contributed by atoms with Gasteiger partial charge in [0, 0.05) is 27.3 Å². The van der Waals surface area contributed by atoms with E-state index >= 15 is 0 Å². The average molecular weight is 290 g/mol. The number of likely N-dealkylation sites (N-methyl/N-ethyl adjacent to an activating group) is 1. The molecule has 15 heavy (non-hydrogen) atoms. The van der Waals surface area contributed by atoms with Crippen LogP contribution in [0, 0.1) is 0 Å². The second-order valence-corrected chi connectivity index (χ2v) is 6.12. The summed E-state index contributed by atoms with van der Waals surface area (Å²) in [5.74, 6) is 0. The molecule has 84 valence electrons. The van der Waals surface area contributed by atoms with Gasteiger partial charge >= 0.3 is 0 Å². The van der Waals surface area contributed by atoms with Crippen LogP contribution < -0.4 is 0 Å². The Hall–Kier alpha value is 0.1000. The molecule has 0 aliphatic heterocycles. The Labute approximate surface area is 103 Å². The molecule has 2 nitrogen and oxygen atoms in total. The zero-order valence-electron chi connectivity index (χ0n) is 8.82. The highest BCUT2D eigenvalue weighted by Gasteiger charge is 2.28. The SMILES string of the molecule is CN(Cc1cc(Br)cs1)[C@@H]1CCC[C@H]1O. The molecule has 1 saturated carbocycles. The van der Waals surface area contributed by atoms with Crippen LogP contribution in [0.4, 0.5) is 0 Å². The van der Waals surface area contributed by atoms with Crippen molar-refractivity contribution in [2.45, 2.75) is 38.0 Å². The lowest BCUT2D eigenvalue weighted by Gasteiger charge is -2.26. The molecule has 0 spiro atoms. The average Bonchev–Trinajstić information content (AvgIpc) is 2.75. The van der Waals surface area contributed by atoms with Gasteiger partial charge in [0.1, 0.15) is 0 Å². The Kier molecular flexibility index (Phi) is 3.83. The fourth-order valence-electron chi connectivity index (χ4n) is 2.23. The minimum atomic E-state index is -0.126. The molecule has 1 aliphatic rings. The summed E-state index contributed by atoms with van der Waals surface area (Å²) < 4.78 is 1.16. The van der Waals surface area contributed by atoms with Crippen LogP contribution in [0.25, 0.3) is 0 Å². The predicted molar refractivity (Wildman–Crippen MR) is 67.1 cm³/mol. The molecule has 1 heterocycles. The Morgan fingerprint density at radius 2 is 2.40 bits per heavy atom. The summed E-state index contributed by atoms with van der Waals surface area (Å²) in [6, 6.07) is 2.51. The van der Waals surface area contributed by atoms with E-state index in [2.05, 4.69) is 39.3 Å². The first-order chi connectivity index (χ1) is 7.16. The van der Waals surface area contributed by atoms with Crippen molar-refractivity contribution in [2.24, 2.45) is 0 Å². The lowest BCUT2D eigenvalue weighted by molar-refractivity contribution is 0.0830. The number of hydrogen-bond acceptors (Lipinski definition) is 3. The molecule has 1 aromatic heterocycles. The minimum absolute atomic E-state index is 0.126. The van der Waals surface area contributed by atoms with Gasteiger partial charge in [-0.25, -0.2) is 0 Å². The molecule has 1 aliphatic carbocycles. The monoisotopic (exact) mass is 289 g/mol. The Bertz CT molecular complexity index is 328. The van der Waals surface area contributed by atoms with Gasteiger partial charge in [0.15, 0.2) is 0 Å². The maximum Gasteiger partial charge on any atom is 0.0695 e. The van der Waals surface area contributed by atoms with Crippen LogP contribution in [0.15, 0.2) is 15.9 Å². The summed E-state index contributed by atoms with van der Waals surface area (Å²) in [4.78, 5) is 3.62. The van der Waals surface area contributed by atoms with E-state index in [0.29, 0.717) is 6.04 Å². The number of hydrogen-bond donors (Lipinski definition) is 1. The number of aliphatic hydroxyl groups is 1. The number of aliphatic hydroxyl groups excluding tert-OH is 1. The standard InChI is InChI=1S/C11H16BrNOS/c1-13(10-3-2-4-11(10)14)6-9-5-8(12)7-15-9/h5,7,10-11,14H,2-4,6H2,1H3/t10-,11-/m1/s1. The van der Waals surface area contributed by atoms with Crippen molar-refractivity contribution < 1.29 is 5.11 Å². The molecule has 1 aromatic rings. The van der Waals surface area contributed by atoms with Gasteiger partial charge in [-0.3, -0.25) is 4.90 Å². The second-order valence-electron chi connectivity index (χ2n) is 4.21. The lowest BCUT2D eigenvalue weighted by Crippen LogP contribution is -2.36. The maximum atomic E-state index is 9.80. The largest absolute Gasteiger partial charge is 0.391 e. The third-order valence-electron chi connectivity index (χ3n) is 3.04. The molecule has 0 bridgehead atoms. The first kappa shape index (κ1) is 11.6. The minimum Gasteiger partial charge on any atom is -0.391 e. The van der Waals surface area contributed by atoms with Gasteiger partial charge in [0.25, 0.3) is 0 Å². The van der Waals surface area contributed by atoms with Crippen molar-refractivity contribution >= 4 is 27.3 Å². The van der Waals surface area contributed by atoms with Crippen molar-refractivity contribution in [2.75, 3.05) is 7.05 Å². The highest BCUT2D eigenvalue weighted by Crippen LogP contribution is 2.26. The van der Waals surface area contributed by atoms with E-state index in [1.807, 2.05) is 0 Å². The second kappa shape index (κ2) is 4.95. The summed E-state index contributed by atoms with van der Waals surface area (Å²) in [7, 11) is 2.10. The highest BCUT2D eigenvalue weighted by molar-refractivity contribution is 9.10. The van der Waals surface area contributed by atoms with E-state index in [1.165, 1.54) is 4.88 Å². The fraction of sp³-hybridized carbons (Fsp3) is 0.636. The number of rotatable bonds is 3. The Morgan fingerprint density at radius 3 is 2.93 bits per heavy atom. The molecule has 0 saturated heterocycles. The van der Waals surface area contributed by atoms with Crippen molar-refractivity contribution in [1.82, 2.24) is 4.90 Å². The lowest BCUT2D eigenvalue weighted by atomic mass is 10.2. The van der Waals surface area contributed by atoms with Gasteiger partial charge in [0.05, 0.1) is 6.10 Å². The molecular formula is C11H16BrNOS. The molecular weight excluding hydrogens is 274 g/mol. The molecule has 2 atom stereocenters. The van der Waals surface area contributed by atoms with Gasteiger partial charge in [-0.1, -0.05) is 0 Å². The molecule has 4 heteroatoms. The zero-order valence-corrected chi connectivity index (χ0v) is 11.2. The number of nitrogens with zero attached hydrogens (tertiary/aromatic N) is 1. The smallest absolute Gasteiger partial charge is 0.0695 e. The van der Waals surface area contributed by atoms with E-state index in [-0.39, 0.29) is 6.10 Å². The van der Waals surface area contributed by atoms with Gasteiger partial charge < -0.3 is 5.11 Å². The van der Waals surface area contributed by atoms with E-state index in [1.54, 1.807) is 11.3 Å². The molecule has 2 rings (SSSR count). The van der Waals surface area contributed by atoms with Crippen LogP contribution >= 0.6 is 27.3 Å². The molecule has 0 unspecified atom stereocenters. The van der Waals surface area contributed by atoms with E-state index in [4.69, 9.17) is 0 Å². The maximum absolute atomic E-state index is 9.80. The quantitative estimate of drug-likeness (QED) is 0.925. The van der Waals surface area contributed by atoms with Crippen LogP contribution in [0.2, 0.25) is 0 Å². The number of thiophene rings is 1. The van der Waals surface area contributed by atoms with E-state index in [9.17, 15) is 5.11 Å². The molecule has 0 amide bonds. The van der Waals surface area contributed by atoms with Crippen LogP contribution in [0.5, 0.6) is 0 Å². The van der Waals surface area contributed by atoms with Crippen molar-refractivity contribution in [3.05, 3.63) is 20.8 Å². The summed E-state index contributed by atoms with van der Waals surface area (Å²) >= 11 is 5.23. The first-order valence-electron chi connectivity index (χ1n) is 5.28. The summed E-state index contributed by atoms with van der Waals surface area (Å²) in [5.41, 5.74) is 0. The fourth-order valence-corrected chi connectivity index (χ4v) is 3.75. The predicted octanol–water partition coefficient (Wildman–Crippen LogP) is 2.86. The van der Waals surface area contributed by atoms with Crippen LogP contribution in [-0.4, -0.2) is 29.2 Å². The van der Waals surface area contributed by atoms with Gasteiger partial charge in [-0.15, -0.1) is 11.3 Å². The van der Waals surface area contributed by atoms with Crippen molar-refractivity contribution in [1.29, 1.82) is 0 Å². The summed E-state index contributed by atoms with van der Waals surface area (Å²) in [5, 5.41) is 11.9. The normalized spacial score (nSPS) is 26.4. The third kappa shape index (κ3) is 2.81. The Morgan fingerprint density at radius 1 is 1.60 bits per heavy atom. The van der Waals surface area contributed by atoms with Crippen LogP contribution in [0.1, 0.15) is 24.1 Å². The van der Waals surface area contributed by atoms with Gasteiger partial charge in [-0.2, -0.15) is 0 Å². The first-order valence-corrected chi connectivity index (χ1v) is 6.95. The summed E-state index contributed by atoms with van der Waals surface area (Å²) in [6.45, 7) is 0.942. The number of halogens is 1. The van der Waals surface area contributed by atoms with Crippen molar-refractivity contribution in [3.8, 4) is 0 Å². The van der Waals surface area contributed by atoms with Gasteiger partial charge in [0.2, 0.25) is 0 Å². The van der Waals surface area contributed by atoms with Crippen molar-refractivity contribution in [3.63, 3.8) is 0 Å². The van der Waals surface area contributed by atoms with Crippen LogP contribution in [-0.2, 0) is 6.54 Å². The zero-order chi connectivity index (χ0) is 10.8. The molecule has 1 fully saturated rings. The molecule has 1 N–H and O–H groups in total. The molecule has 0 aromatic carbocycles. The third-order valence-corrected chi connectivity index (χ3v) is 4.72. The topological polar surface area (TPSA) is 23.5 Å². The highest BCUT2D eigenvalue weighted by atomic mass is 79.9. The van der Waals surface area contributed by atoms with Gasteiger partial charge in [-0.05, 0) is 48.3 Å². The van der Waals surface area contributed by atoms with E-state index in [0.717, 1.165) is 30.3 Å². The Balaban J connectivity index is 1.94. The van der Waals surface area contributed by atoms with Crippen LogP contribution in [0.3, 0.4) is 0 Å². The summed E-state index contributed by atoms with van der Waals surface area (Å²) in [6.07, 6.45) is 3.12. The molecule has 0 radical (unpaired) electrons. The van der Waals surface area contributed by atoms with E-state index < -0.39 is 0 Å².